The normalized spacial score (nSPS) is 24.1. The molecule has 2 aromatic heterocycles. The van der Waals surface area contributed by atoms with Crippen molar-refractivity contribution in [2.24, 2.45) is 0 Å². The summed E-state index contributed by atoms with van der Waals surface area (Å²) in [5.74, 6) is 1.56. The second kappa shape index (κ2) is 5.67. The van der Waals surface area contributed by atoms with Gasteiger partial charge in [-0.15, -0.1) is 10.2 Å². The highest BCUT2D eigenvalue weighted by atomic mass is 79.9. The van der Waals surface area contributed by atoms with Crippen LogP contribution in [0.1, 0.15) is 19.7 Å². The lowest BCUT2D eigenvalue weighted by atomic mass is 10.2. The molecule has 0 aromatic carbocycles. The Kier molecular flexibility index (Phi) is 3.91. The molecule has 0 spiro atoms. The smallest absolute Gasteiger partial charge is 0.283 e. The first kappa shape index (κ1) is 13.8. The second-order valence-corrected chi connectivity index (χ2v) is 5.81. The summed E-state index contributed by atoms with van der Waals surface area (Å²) in [6, 6.07) is 3.94. The molecule has 3 rings (SSSR count). The molecule has 2 unspecified atom stereocenters. The number of furan rings is 1. The fourth-order valence-corrected chi connectivity index (χ4v) is 2.52. The minimum atomic E-state index is 0.231. The largest absolute Gasteiger partial charge is 0.444 e. The molecule has 108 valence electrons. The van der Waals surface area contributed by atoms with Gasteiger partial charge in [-0.2, -0.15) is 0 Å². The molecular formula is C13H16BrN3O3. The molecule has 1 aliphatic rings. The fourth-order valence-electron chi connectivity index (χ4n) is 2.21. The van der Waals surface area contributed by atoms with Gasteiger partial charge in [0.05, 0.1) is 19.3 Å². The number of halogens is 1. The average molecular weight is 342 g/mol. The molecule has 20 heavy (non-hydrogen) atoms. The van der Waals surface area contributed by atoms with Gasteiger partial charge < -0.3 is 13.6 Å². The maximum absolute atomic E-state index is 5.65. The highest BCUT2D eigenvalue weighted by Crippen LogP contribution is 2.24. The summed E-state index contributed by atoms with van der Waals surface area (Å²) in [4.78, 5) is 2.28. The van der Waals surface area contributed by atoms with Crippen LogP contribution in [0.2, 0.25) is 0 Å². The van der Waals surface area contributed by atoms with Crippen LogP contribution in [-0.2, 0) is 11.3 Å². The SMILES string of the molecule is CC1CN(Cc2nnc(-c3ccc(Br)o3)o2)C(C)CO1. The predicted octanol–water partition coefficient (Wildman–Crippen LogP) is 2.70. The molecule has 1 fully saturated rings. The van der Waals surface area contributed by atoms with Crippen LogP contribution in [0.3, 0.4) is 0 Å². The Morgan fingerprint density at radius 3 is 2.90 bits per heavy atom. The van der Waals surface area contributed by atoms with Crippen LogP contribution in [0, 0.1) is 0 Å². The zero-order valence-electron chi connectivity index (χ0n) is 11.4. The molecular weight excluding hydrogens is 326 g/mol. The summed E-state index contributed by atoms with van der Waals surface area (Å²) in [5, 5.41) is 8.10. The van der Waals surface area contributed by atoms with E-state index in [9.17, 15) is 0 Å². The van der Waals surface area contributed by atoms with E-state index in [-0.39, 0.29) is 6.10 Å². The first-order valence-corrected chi connectivity index (χ1v) is 7.35. The van der Waals surface area contributed by atoms with E-state index < -0.39 is 0 Å². The Hall–Kier alpha value is -1.18. The third-order valence-corrected chi connectivity index (χ3v) is 3.75. The molecule has 0 bridgehead atoms. The van der Waals surface area contributed by atoms with Crippen LogP contribution < -0.4 is 0 Å². The van der Waals surface area contributed by atoms with E-state index in [2.05, 4.69) is 44.9 Å². The summed E-state index contributed by atoms with van der Waals surface area (Å²) in [6.07, 6.45) is 0.231. The van der Waals surface area contributed by atoms with Gasteiger partial charge in [-0.3, -0.25) is 4.90 Å². The van der Waals surface area contributed by atoms with Gasteiger partial charge in [-0.1, -0.05) is 0 Å². The van der Waals surface area contributed by atoms with Crippen LogP contribution in [0.4, 0.5) is 0 Å². The number of nitrogens with zero attached hydrogens (tertiary/aromatic N) is 3. The molecule has 0 radical (unpaired) electrons. The zero-order valence-corrected chi connectivity index (χ0v) is 13.0. The predicted molar refractivity (Wildman–Crippen MR) is 75.0 cm³/mol. The number of hydrogen-bond donors (Lipinski definition) is 0. The molecule has 2 atom stereocenters. The average Bonchev–Trinajstić information content (AvgIpc) is 3.03. The van der Waals surface area contributed by atoms with E-state index in [4.69, 9.17) is 13.6 Å². The van der Waals surface area contributed by atoms with Crippen LogP contribution >= 0.6 is 15.9 Å². The van der Waals surface area contributed by atoms with Crippen molar-refractivity contribution < 1.29 is 13.6 Å². The minimum Gasteiger partial charge on any atom is -0.444 e. The maximum Gasteiger partial charge on any atom is 0.283 e. The van der Waals surface area contributed by atoms with Crippen molar-refractivity contribution in [3.05, 3.63) is 22.7 Å². The Bertz CT molecular complexity index is 583. The highest BCUT2D eigenvalue weighted by molar-refractivity contribution is 9.10. The van der Waals surface area contributed by atoms with E-state index in [1.165, 1.54) is 0 Å². The van der Waals surface area contributed by atoms with Gasteiger partial charge in [0.1, 0.15) is 0 Å². The van der Waals surface area contributed by atoms with Crippen LogP contribution in [-0.4, -0.2) is 40.4 Å². The Morgan fingerprint density at radius 2 is 2.15 bits per heavy atom. The van der Waals surface area contributed by atoms with Crippen LogP contribution in [0.5, 0.6) is 0 Å². The Morgan fingerprint density at radius 1 is 1.30 bits per heavy atom. The number of hydrogen-bond acceptors (Lipinski definition) is 6. The molecule has 1 saturated heterocycles. The minimum absolute atomic E-state index is 0.231. The van der Waals surface area contributed by atoms with Crippen molar-refractivity contribution in [3.63, 3.8) is 0 Å². The van der Waals surface area contributed by atoms with Gasteiger partial charge in [-0.25, -0.2) is 0 Å². The molecule has 0 N–H and O–H groups in total. The number of aromatic nitrogens is 2. The first-order chi connectivity index (χ1) is 9.61. The van der Waals surface area contributed by atoms with Crippen LogP contribution in [0.25, 0.3) is 11.7 Å². The Balaban J connectivity index is 1.70. The zero-order chi connectivity index (χ0) is 14.1. The second-order valence-electron chi connectivity index (χ2n) is 5.03. The van der Waals surface area contributed by atoms with Gasteiger partial charge in [0, 0.05) is 12.6 Å². The molecule has 1 aliphatic heterocycles. The topological polar surface area (TPSA) is 64.5 Å². The van der Waals surface area contributed by atoms with Crippen molar-refractivity contribution in [1.29, 1.82) is 0 Å². The first-order valence-electron chi connectivity index (χ1n) is 6.55. The number of ether oxygens (including phenoxy) is 1. The van der Waals surface area contributed by atoms with Gasteiger partial charge in [-0.05, 0) is 41.9 Å². The van der Waals surface area contributed by atoms with Gasteiger partial charge in [0.25, 0.3) is 5.89 Å². The monoisotopic (exact) mass is 341 g/mol. The summed E-state index contributed by atoms with van der Waals surface area (Å²) in [5.41, 5.74) is 0. The van der Waals surface area contributed by atoms with Crippen molar-refractivity contribution in [3.8, 4) is 11.7 Å². The summed E-state index contributed by atoms with van der Waals surface area (Å²) < 4.78 is 17.3. The molecule has 7 heteroatoms. The maximum atomic E-state index is 5.65. The van der Waals surface area contributed by atoms with Gasteiger partial charge in [0.2, 0.25) is 5.89 Å². The van der Waals surface area contributed by atoms with Crippen molar-refractivity contribution in [2.45, 2.75) is 32.5 Å². The molecule has 0 aliphatic carbocycles. The fraction of sp³-hybridized carbons (Fsp3) is 0.538. The van der Waals surface area contributed by atoms with E-state index in [1.807, 2.05) is 0 Å². The summed E-state index contributed by atoms with van der Waals surface area (Å²) >= 11 is 3.25. The standard InChI is InChI=1S/C13H16BrN3O3/c1-8-7-18-9(2)5-17(8)6-12-15-16-13(20-12)10-3-4-11(14)19-10/h3-4,8-9H,5-7H2,1-2H3. The number of morpholine rings is 1. The Labute approximate surface area is 125 Å². The molecule has 0 saturated carbocycles. The lowest BCUT2D eigenvalue weighted by Crippen LogP contribution is -2.46. The lowest BCUT2D eigenvalue weighted by molar-refractivity contribution is -0.0550. The van der Waals surface area contributed by atoms with Gasteiger partial charge in [0.15, 0.2) is 10.4 Å². The molecule has 2 aromatic rings. The highest BCUT2D eigenvalue weighted by Gasteiger charge is 2.25. The van der Waals surface area contributed by atoms with Gasteiger partial charge >= 0.3 is 0 Å². The van der Waals surface area contributed by atoms with E-state index in [0.29, 0.717) is 34.8 Å². The quantitative estimate of drug-likeness (QED) is 0.855. The summed E-state index contributed by atoms with van der Waals surface area (Å²) in [7, 11) is 0. The summed E-state index contributed by atoms with van der Waals surface area (Å²) in [6.45, 7) is 6.42. The van der Waals surface area contributed by atoms with E-state index in [1.54, 1.807) is 12.1 Å². The van der Waals surface area contributed by atoms with E-state index in [0.717, 1.165) is 13.2 Å². The van der Waals surface area contributed by atoms with Crippen molar-refractivity contribution >= 4 is 15.9 Å². The third kappa shape index (κ3) is 2.94. The molecule has 3 heterocycles. The van der Waals surface area contributed by atoms with Crippen LogP contribution in [0.15, 0.2) is 25.6 Å². The number of rotatable bonds is 3. The van der Waals surface area contributed by atoms with E-state index >= 15 is 0 Å². The lowest BCUT2D eigenvalue weighted by Gasteiger charge is -2.35. The third-order valence-electron chi connectivity index (χ3n) is 3.33. The molecule has 6 nitrogen and oxygen atoms in total. The van der Waals surface area contributed by atoms with Crippen molar-refractivity contribution in [1.82, 2.24) is 15.1 Å². The molecule has 0 amide bonds. The van der Waals surface area contributed by atoms with Crippen molar-refractivity contribution in [2.75, 3.05) is 13.2 Å².